The van der Waals surface area contributed by atoms with E-state index in [1.807, 2.05) is 39.8 Å². The van der Waals surface area contributed by atoms with Gasteiger partial charge in [-0.3, -0.25) is 4.79 Å². The van der Waals surface area contributed by atoms with Crippen molar-refractivity contribution >= 4 is 35.0 Å². The number of hydrogen-bond acceptors (Lipinski definition) is 12. The number of carbonyl (C=O) groups excluding carboxylic acids is 3. The van der Waals surface area contributed by atoms with Gasteiger partial charge in [-0.15, -0.1) is 0 Å². The number of aliphatic hydroxyl groups excluding tert-OH is 1. The molecule has 5 heterocycles. The molecule has 55 heavy (non-hydrogen) atoms. The number of unbranched alkanes of at least 4 members (excludes halogenated alkanes) is 1. The topological polar surface area (TPSA) is 228 Å². The monoisotopic (exact) mass is 776 g/mol. The first-order valence-electron chi connectivity index (χ1n) is 17.4. The second-order valence-corrected chi connectivity index (χ2v) is 13.4. The molecule has 13 nitrogen and oxygen atoms in total. The number of carboxylic acid groups (broad SMARTS) is 2. The van der Waals surface area contributed by atoms with Gasteiger partial charge in [0, 0.05) is 40.3 Å². The minimum absolute atomic E-state index is 0. The number of rotatable bonds is 12. The van der Waals surface area contributed by atoms with E-state index in [1.54, 1.807) is 19.1 Å². The van der Waals surface area contributed by atoms with Gasteiger partial charge in [-0.1, -0.05) is 26.5 Å². The van der Waals surface area contributed by atoms with Crippen LogP contribution in [0, 0.1) is 11.8 Å². The van der Waals surface area contributed by atoms with Crippen LogP contribution in [0.1, 0.15) is 73.1 Å². The van der Waals surface area contributed by atoms with Crippen LogP contribution in [0.5, 0.6) is 0 Å². The summed E-state index contributed by atoms with van der Waals surface area (Å²) in [6.45, 7) is 13.6. The SMILES string of the molecule is C=CC1=C(C)C2=NC1=CC1=NC(=CC3=C(C)/C(=C(\[O-])O)C(=N3)C(C(=O)NC(CCCCN)C(=O)[O-])=C3NC(=C2)[C@@H](C)[C@@H]3CCC(=O)[O-])C(CC)=C1C.[Na+].[Na+].[Na+]. The van der Waals surface area contributed by atoms with E-state index in [9.17, 15) is 34.8 Å². The minimum Gasteiger partial charge on any atom is -0.629 e. The summed E-state index contributed by atoms with van der Waals surface area (Å²) >= 11 is 0. The Hall–Kier alpha value is -2.56. The molecule has 0 radical (unpaired) electrons. The number of aliphatic imine (C=N–C) groups is 3. The van der Waals surface area contributed by atoms with Crippen LogP contribution >= 0.6 is 0 Å². The Morgan fingerprint density at radius 1 is 0.982 bits per heavy atom. The van der Waals surface area contributed by atoms with Crippen molar-refractivity contribution in [3.63, 3.8) is 0 Å². The summed E-state index contributed by atoms with van der Waals surface area (Å²) in [5.41, 5.74) is 12.3. The summed E-state index contributed by atoms with van der Waals surface area (Å²) in [5.74, 6) is -6.17. The van der Waals surface area contributed by atoms with Crippen molar-refractivity contribution in [2.24, 2.45) is 32.5 Å². The van der Waals surface area contributed by atoms with Gasteiger partial charge in [0.25, 0.3) is 5.91 Å². The number of hydrogen-bond donors (Lipinski definition) is 4. The summed E-state index contributed by atoms with van der Waals surface area (Å²) < 4.78 is 0. The minimum atomic E-state index is -1.52. The molecule has 1 amide bonds. The number of nitrogens with one attached hydrogen (secondary N) is 2. The van der Waals surface area contributed by atoms with E-state index in [2.05, 4.69) is 17.2 Å². The van der Waals surface area contributed by atoms with E-state index in [1.165, 1.54) is 0 Å². The largest absolute Gasteiger partial charge is 1.00 e. The zero-order valence-corrected chi connectivity index (χ0v) is 39.0. The summed E-state index contributed by atoms with van der Waals surface area (Å²) in [5, 5.41) is 53.5. The van der Waals surface area contributed by atoms with Gasteiger partial charge in [0.2, 0.25) is 0 Å². The molecule has 0 saturated carbocycles. The summed E-state index contributed by atoms with van der Waals surface area (Å²) in [6, 6.07) is -1.43. The molecule has 16 heteroatoms. The molecule has 1 saturated heterocycles. The predicted molar refractivity (Wildman–Crippen MR) is 192 cm³/mol. The van der Waals surface area contributed by atoms with Crippen molar-refractivity contribution in [1.29, 1.82) is 0 Å². The quantitative estimate of drug-likeness (QED) is 0.0838. The van der Waals surface area contributed by atoms with Gasteiger partial charge >= 0.3 is 88.7 Å². The molecule has 0 aromatic carbocycles. The number of nitrogens with two attached hydrogens (primary N) is 1. The molecule has 1 fully saturated rings. The van der Waals surface area contributed by atoms with E-state index < -0.39 is 41.7 Å². The Labute approximate surface area is 387 Å². The molecule has 1 unspecified atom stereocenters. The van der Waals surface area contributed by atoms with Crippen LogP contribution < -0.4 is 120 Å². The molecular weight excluding hydrogens is 733 g/mol. The number of carboxylic acids is 2. The Bertz CT molecular complexity index is 2010. The zero-order chi connectivity index (χ0) is 38.0. The van der Waals surface area contributed by atoms with E-state index >= 15 is 0 Å². The van der Waals surface area contributed by atoms with Crippen molar-refractivity contribution in [1.82, 2.24) is 10.6 Å². The average Bonchev–Trinajstić information content (AvgIpc) is 3.76. The molecule has 5 rings (SSSR count). The second kappa shape index (κ2) is 20.7. The van der Waals surface area contributed by atoms with Crippen molar-refractivity contribution in [2.75, 3.05) is 6.54 Å². The summed E-state index contributed by atoms with van der Waals surface area (Å²) in [6.07, 6.45) is 8.31. The fraction of sp³-hybridized carbons (Fsp3) is 0.385. The number of aliphatic carboxylic acids is 2. The molecule has 5 aliphatic rings. The summed E-state index contributed by atoms with van der Waals surface area (Å²) in [4.78, 5) is 53.1. The number of fused-ring (bicyclic) bond motifs is 5. The van der Waals surface area contributed by atoms with Gasteiger partial charge in [0.1, 0.15) is 0 Å². The molecular formula is C39H43N6Na3O7. The van der Waals surface area contributed by atoms with Gasteiger partial charge in [-0.2, -0.15) is 0 Å². The first kappa shape index (κ1) is 48.6. The standard InChI is InChI=1S/C39H46N6O7.3Na/c1-7-22-18(3)26-15-28-20(5)24(12-13-32(46)47)35(43-28)34(37(48)45-25(38(49)50)11-9-10-14-40)36-33(39(51)52)21(6)29(44-36)17-31-23(8-2)19(4)27(42-31)16-30(22)41-26;;;/h7,15-17,20,24-25,43,51-52H,1,8-14,40H2,2-6H3,(H,45,48)(H,46,47)(H,49,50);;;/q;3*+1/p-3/t20-,24-,25?;;;/m0.../s1. The maximum absolute atomic E-state index is 14.5. The number of amides is 1. The third-order valence-corrected chi connectivity index (χ3v) is 10.2. The third-order valence-electron chi connectivity index (χ3n) is 10.2. The molecule has 5 N–H and O–H groups in total. The Morgan fingerprint density at radius 3 is 2.22 bits per heavy atom. The van der Waals surface area contributed by atoms with Crippen LogP contribution in [-0.4, -0.2) is 52.7 Å². The zero-order valence-electron chi connectivity index (χ0n) is 33.0. The van der Waals surface area contributed by atoms with Crippen LogP contribution in [-0.2, 0) is 14.4 Å². The maximum atomic E-state index is 14.5. The number of nitrogens with zero attached hydrogens (tertiary/aromatic N) is 3. The van der Waals surface area contributed by atoms with E-state index in [0.717, 1.165) is 22.3 Å². The van der Waals surface area contributed by atoms with Crippen molar-refractivity contribution in [3.05, 3.63) is 104 Å². The molecule has 0 aliphatic carbocycles. The molecule has 0 aromatic heterocycles. The van der Waals surface area contributed by atoms with Crippen LogP contribution in [0.2, 0.25) is 0 Å². The van der Waals surface area contributed by atoms with Crippen molar-refractivity contribution in [2.45, 2.75) is 79.2 Å². The fourth-order valence-electron chi connectivity index (χ4n) is 7.24. The van der Waals surface area contributed by atoms with Crippen LogP contribution in [0.15, 0.2) is 119 Å². The van der Waals surface area contributed by atoms with E-state index in [4.69, 9.17) is 20.7 Å². The predicted octanol–water partition coefficient (Wildman–Crippen LogP) is -7.34. The van der Waals surface area contributed by atoms with E-state index in [0.29, 0.717) is 54.3 Å². The number of allylic oxidation sites excluding steroid dienone is 11. The smallest absolute Gasteiger partial charge is 0.629 e. The van der Waals surface area contributed by atoms with Crippen LogP contribution in [0.4, 0.5) is 0 Å². The Kier molecular flexibility index (Phi) is 18.3. The van der Waals surface area contributed by atoms with Crippen LogP contribution in [0.25, 0.3) is 0 Å². The molecule has 3 atom stereocenters. The molecule has 5 aliphatic heterocycles. The summed E-state index contributed by atoms with van der Waals surface area (Å²) in [7, 11) is 0. The van der Waals surface area contributed by atoms with Gasteiger partial charge < -0.3 is 46.4 Å². The molecule has 0 aromatic rings. The van der Waals surface area contributed by atoms with E-state index in [-0.39, 0.29) is 142 Å². The second-order valence-electron chi connectivity index (χ2n) is 13.4. The third kappa shape index (κ3) is 10.1. The number of aliphatic hydroxyl groups is 1. The fourth-order valence-corrected chi connectivity index (χ4v) is 7.24. The van der Waals surface area contributed by atoms with Crippen molar-refractivity contribution in [3.8, 4) is 0 Å². The Balaban J connectivity index is 0.00000348. The normalized spacial score (nSPS) is 21.5. The first-order valence-corrected chi connectivity index (χ1v) is 17.4. The maximum Gasteiger partial charge on any atom is 1.00 e. The van der Waals surface area contributed by atoms with Crippen LogP contribution in [0.3, 0.4) is 0 Å². The van der Waals surface area contributed by atoms with Gasteiger partial charge in [-0.05, 0) is 106 Å². The Morgan fingerprint density at radius 2 is 1.64 bits per heavy atom. The average molecular weight is 777 g/mol. The van der Waals surface area contributed by atoms with Gasteiger partial charge in [-0.25, -0.2) is 15.0 Å². The first-order chi connectivity index (χ1) is 24.7. The molecule has 274 valence electrons. The number of carbonyl (C=O) groups is 3. The van der Waals surface area contributed by atoms with Gasteiger partial charge in [0.05, 0.1) is 57.8 Å². The molecule has 0 spiro atoms. The van der Waals surface area contributed by atoms with Crippen molar-refractivity contribution < 1.29 is 123 Å². The van der Waals surface area contributed by atoms with Gasteiger partial charge in [0.15, 0.2) is 0 Å². The molecule has 8 bridgehead atoms.